The lowest BCUT2D eigenvalue weighted by atomic mass is 10.1. The normalized spacial score (nSPS) is 10.2. The molecule has 0 unspecified atom stereocenters. The van der Waals surface area contributed by atoms with Crippen LogP contribution in [0, 0.1) is 6.92 Å². The van der Waals surface area contributed by atoms with Gasteiger partial charge in [0, 0.05) is 30.3 Å². The molecular formula is C19H23NO3. The minimum absolute atomic E-state index is 0.00702. The Morgan fingerprint density at radius 2 is 1.61 bits per heavy atom. The fourth-order valence-electron chi connectivity index (χ4n) is 2.31. The summed E-state index contributed by atoms with van der Waals surface area (Å²) in [4.78, 5) is 12.1. The highest BCUT2D eigenvalue weighted by Gasteiger charge is 2.06. The van der Waals surface area contributed by atoms with E-state index in [1.807, 2.05) is 0 Å². The summed E-state index contributed by atoms with van der Waals surface area (Å²) in [5.74, 6) is 1.30. The maximum Gasteiger partial charge on any atom is 0.224 e. The highest BCUT2D eigenvalue weighted by atomic mass is 16.5. The van der Waals surface area contributed by atoms with E-state index in [4.69, 9.17) is 9.47 Å². The second kappa shape index (κ2) is 8.22. The minimum Gasteiger partial charge on any atom is -0.497 e. The van der Waals surface area contributed by atoms with Crippen molar-refractivity contribution in [2.75, 3.05) is 19.5 Å². The highest BCUT2D eigenvalue weighted by Crippen LogP contribution is 2.25. The Labute approximate surface area is 137 Å². The second-order valence-electron chi connectivity index (χ2n) is 5.49. The van der Waals surface area contributed by atoms with Gasteiger partial charge in [-0.3, -0.25) is 4.79 Å². The molecule has 0 aromatic heterocycles. The van der Waals surface area contributed by atoms with Crippen LogP contribution in [-0.4, -0.2) is 20.1 Å². The van der Waals surface area contributed by atoms with Gasteiger partial charge in [0.2, 0.25) is 5.91 Å². The van der Waals surface area contributed by atoms with E-state index in [1.54, 1.807) is 32.4 Å². The number of amides is 1. The number of methoxy groups -OCH3 is 2. The van der Waals surface area contributed by atoms with Crippen LogP contribution in [0.5, 0.6) is 11.5 Å². The quantitative estimate of drug-likeness (QED) is 0.841. The molecular weight excluding hydrogens is 290 g/mol. The van der Waals surface area contributed by atoms with Crippen molar-refractivity contribution in [3.8, 4) is 11.5 Å². The second-order valence-corrected chi connectivity index (χ2v) is 5.49. The molecule has 0 aliphatic carbocycles. The first kappa shape index (κ1) is 16.9. The average Bonchev–Trinajstić information content (AvgIpc) is 2.56. The lowest BCUT2D eigenvalue weighted by molar-refractivity contribution is -0.116. The number of hydrogen-bond acceptors (Lipinski definition) is 3. The molecule has 0 aliphatic heterocycles. The molecule has 23 heavy (non-hydrogen) atoms. The summed E-state index contributed by atoms with van der Waals surface area (Å²) in [5.41, 5.74) is 3.19. The summed E-state index contributed by atoms with van der Waals surface area (Å²) in [7, 11) is 3.17. The zero-order valence-electron chi connectivity index (χ0n) is 13.9. The van der Waals surface area contributed by atoms with Gasteiger partial charge in [-0.25, -0.2) is 0 Å². The van der Waals surface area contributed by atoms with Crippen LogP contribution < -0.4 is 14.8 Å². The number of nitrogens with one attached hydrogen (secondary N) is 1. The summed E-state index contributed by atoms with van der Waals surface area (Å²) in [6.07, 6.45) is 2.19. The van der Waals surface area contributed by atoms with Crippen LogP contribution >= 0.6 is 0 Å². The predicted octanol–water partition coefficient (Wildman–Crippen LogP) is 3.97. The molecule has 0 aliphatic rings. The third kappa shape index (κ3) is 5.33. The van der Waals surface area contributed by atoms with Gasteiger partial charge in [0.15, 0.2) is 0 Å². The van der Waals surface area contributed by atoms with Crippen molar-refractivity contribution >= 4 is 11.6 Å². The number of carbonyl (C=O) groups is 1. The number of ether oxygens (including phenoxy) is 2. The van der Waals surface area contributed by atoms with Crippen molar-refractivity contribution in [2.45, 2.75) is 26.2 Å². The molecule has 2 aromatic rings. The molecule has 0 atom stereocenters. The van der Waals surface area contributed by atoms with Gasteiger partial charge in [-0.1, -0.05) is 29.8 Å². The molecule has 0 fully saturated rings. The molecule has 1 amide bonds. The molecule has 0 saturated carbocycles. The van der Waals surface area contributed by atoms with Gasteiger partial charge in [0.25, 0.3) is 0 Å². The Morgan fingerprint density at radius 1 is 1.00 bits per heavy atom. The van der Waals surface area contributed by atoms with Crippen LogP contribution in [0.1, 0.15) is 24.0 Å². The van der Waals surface area contributed by atoms with Crippen LogP contribution in [0.4, 0.5) is 5.69 Å². The standard InChI is InChI=1S/C19H23NO3/c1-14-7-9-15(10-8-14)5-4-6-19(21)20-16-11-17(22-2)13-18(12-16)23-3/h7-13H,4-6H2,1-3H3,(H,20,21). The van der Waals surface area contributed by atoms with Crippen LogP contribution in [0.25, 0.3) is 0 Å². The molecule has 0 spiro atoms. The summed E-state index contributed by atoms with van der Waals surface area (Å²) in [6, 6.07) is 13.7. The number of aryl methyl sites for hydroxylation is 2. The maximum absolute atomic E-state index is 12.1. The predicted molar refractivity (Wildman–Crippen MR) is 92.3 cm³/mol. The largest absolute Gasteiger partial charge is 0.497 e. The van der Waals surface area contributed by atoms with Crippen molar-refractivity contribution in [1.29, 1.82) is 0 Å². The van der Waals surface area contributed by atoms with Crippen molar-refractivity contribution < 1.29 is 14.3 Å². The van der Waals surface area contributed by atoms with Crippen LogP contribution in [0.3, 0.4) is 0 Å². The molecule has 0 radical (unpaired) electrons. The smallest absolute Gasteiger partial charge is 0.224 e. The van der Waals surface area contributed by atoms with Crippen molar-refractivity contribution in [3.63, 3.8) is 0 Å². The van der Waals surface area contributed by atoms with Gasteiger partial charge in [-0.15, -0.1) is 0 Å². The Balaban J connectivity index is 1.85. The molecule has 2 rings (SSSR count). The van der Waals surface area contributed by atoms with Crippen molar-refractivity contribution in [1.82, 2.24) is 0 Å². The summed E-state index contributed by atoms with van der Waals surface area (Å²) in [6.45, 7) is 2.07. The van der Waals surface area contributed by atoms with Crippen LogP contribution in [-0.2, 0) is 11.2 Å². The fourth-order valence-corrected chi connectivity index (χ4v) is 2.31. The van der Waals surface area contributed by atoms with E-state index in [9.17, 15) is 4.79 Å². The zero-order chi connectivity index (χ0) is 16.7. The molecule has 122 valence electrons. The van der Waals surface area contributed by atoms with Gasteiger partial charge in [0.05, 0.1) is 14.2 Å². The van der Waals surface area contributed by atoms with E-state index >= 15 is 0 Å². The third-order valence-electron chi connectivity index (χ3n) is 3.63. The summed E-state index contributed by atoms with van der Waals surface area (Å²) >= 11 is 0. The third-order valence-corrected chi connectivity index (χ3v) is 3.63. The molecule has 0 saturated heterocycles. The molecule has 0 bridgehead atoms. The molecule has 0 heterocycles. The first-order valence-corrected chi connectivity index (χ1v) is 7.69. The monoisotopic (exact) mass is 313 g/mol. The highest BCUT2D eigenvalue weighted by molar-refractivity contribution is 5.91. The lowest BCUT2D eigenvalue weighted by Gasteiger charge is -2.10. The van der Waals surface area contributed by atoms with E-state index in [-0.39, 0.29) is 5.91 Å². The Morgan fingerprint density at radius 3 is 2.17 bits per heavy atom. The van der Waals surface area contributed by atoms with E-state index in [2.05, 4.69) is 36.5 Å². The average molecular weight is 313 g/mol. The minimum atomic E-state index is -0.00702. The van der Waals surface area contributed by atoms with Crippen molar-refractivity contribution in [3.05, 3.63) is 53.6 Å². The number of rotatable bonds is 7. The molecule has 1 N–H and O–H groups in total. The Hall–Kier alpha value is -2.49. The van der Waals surface area contributed by atoms with Gasteiger partial charge < -0.3 is 14.8 Å². The molecule has 4 heteroatoms. The van der Waals surface area contributed by atoms with Gasteiger partial charge >= 0.3 is 0 Å². The van der Waals surface area contributed by atoms with E-state index in [1.165, 1.54) is 11.1 Å². The number of carbonyl (C=O) groups excluding carboxylic acids is 1. The SMILES string of the molecule is COc1cc(NC(=O)CCCc2ccc(C)cc2)cc(OC)c1. The van der Waals surface area contributed by atoms with E-state index in [0.29, 0.717) is 23.6 Å². The summed E-state index contributed by atoms with van der Waals surface area (Å²) in [5, 5.41) is 2.89. The topological polar surface area (TPSA) is 47.6 Å². The van der Waals surface area contributed by atoms with Crippen LogP contribution in [0.15, 0.2) is 42.5 Å². The fraction of sp³-hybridized carbons (Fsp3) is 0.316. The van der Waals surface area contributed by atoms with Gasteiger partial charge in [-0.2, -0.15) is 0 Å². The van der Waals surface area contributed by atoms with Gasteiger partial charge in [0.1, 0.15) is 11.5 Å². The maximum atomic E-state index is 12.1. The Kier molecular flexibility index (Phi) is 6.03. The zero-order valence-corrected chi connectivity index (χ0v) is 13.9. The number of hydrogen-bond donors (Lipinski definition) is 1. The lowest BCUT2D eigenvalue weighted by Crippen LogP contribution is -2.11. The van der Waals surface area contributed by atoms with E-state index in [0.717, 1.165) is 12.8 Å². The van der Waals surface area contributed by atoms with Gasteiger partial charge in [-0.05, 0) is 25.3 Å². The first-order chi connectivity index (χ1) is 11.1. The Bertz CT molecular complexity index is 628. The van der Waals surface area contributed by atoms with Crippen LogP contribution in [0.2, 0.25) is 0 Å². The van der Waals surface area contributed by atoms with Crippen molar-refractivity contribution in [2.24, 2.45) is 0 Å². The molecule has 4 nitrogen and oxygen atoms in total. The molecule has 2 aromatic carbocycles. The number of benzene rings is 2. The first-order valence-electron chi connectivity index (χ1n) is 7.69. The van der Waals surface area contributed by atoms with E-state index < -0.39 is 0 Å². The summed E-state index contributed by atoms with van der Waals surface area (Å²) < 4.78 is 10.4. The number of anilines is 1.